The number of hydrogen-bond donors (Lipinski definition) is 0. The molecule has 1 aromatic heterocycles. The van der Waals surface area contributed by atoms with Gasteiger partial charge in [0, 0.05) is 36.8 Å². The highest BCUT2D eigenvalue weighted by Gasteiger charge is 2.20. The zero-order valence-corrected chi connectivity index (χ0v) is 17.1. The van der Waals surface area contributed by atoms with E-state index in [4.69, 9.17) is 4.74 Å². The largest absolute Gasteiger partial charge is 0.494 e. The fourth-order valence-electron chi connectivity index (χ4n) is 4.14. The van der Waals surface area contributed by atoms with Crippen molar-refractivity contribution in [3.05, 3.63) is 64.6 Å². The maximum Gasteiger partial charge on any atom is 0.165 e. The van der Waals surface area contributed by atoms with E-state index < -0.39 is 0 Å². The number of nitrogens with zero attached hydrogens (tertiary/aromatic N) is 2. The van der Waals surface area contributed by atoms with E-state index in [1.807, 2.05) is 13.0 Å². The van der Waals surface area contributed by atoms with Gasteiger partial charge < -0.3 is 14.2 Å². The minimum absolute atomic E-state index is 0.273. The van der Waals surface area contributed by atoms with Crippen molar-refractivity contribution >= 4 is 22.7 Å². The summed E-state index contributed by atoms with van der Waals surface area (Å²) in [5, 5.41) is 1.34. The van der Waals surface area contributed by atoms with Crippen molar-refractivity contribution in [1.29, 1.82) is 0 Å². The maximum atomic E-state index is 14.2. The molecule has 0 aliphatic carbocycles. The van der Waals surface area contributed by atoms with E-state index in [-0.39, 0.29) is 11.6 Å². The van der Waals surface area contributed by atoms with Crippen molar-refractivity contribution in [3.63, 3.8) is 0 Å². The lowest BCUT2D eigenvalue weighted by molar-refractivity contribution is 0.351. The van der Waals surface area contributed by atoms with E-state index in [0.29, 0.717) is 0 Å². The molecule has 0 amide bonds. The van der Waals surface area contributed by atoms with Crippen molar-refractivity contribution in [2.75, 3.05) is 27.2 Å². The summed E-state index contributed by atoms with van der Waals surface area (Å²) in [5.74, 6) is -0.0588. The molecule has 4 heteroatoms. The predicted octanol–water partition coefficient (Wildman–Crippen LogP) is 5.15. The molecule has 1 aliphatic heterocycles. The Hall–Kier alpha value is -2.59. The van der Waals surface area contributed by atoms with Crippen LogP contribution in [0.1, 0.15) is 29.3 Å². The number of halogens is 1. The molecule has 0 atom stereocenters. The van der Waals surface area contributed by atoms with Crippen LogP contribution in [0.5, 0.6) is 5.75 Å². The van der Waals surface area contributed by atoms with Crippen LogP contribution in [0.15, 0.2) is 36.4 Å². The van der Waals surface area contributed by atoms with Crippen LogP contribution in [0.25, 0.3) is 22.7 Å². The van der Waals surface area contributed by atoms with Crippen molar-refractivity contribution in [2.45, 2.75) is 26.7 Å². The zero-order chi connectivity index (χ0) is 19.8. The van der Waals surface area contributed by atoms with Crippen LogP contribution >= 0.6 is 0 Å². The lowest BCUT2D eigenvalue weighted by Gasteiger charge is -2.13. The highest BCUT2D eigenvalue weighted by Crippen LogP contribution is 2.32. The van der Waals surface area contributed by atoms with Gasteiger partial charge in [0.05, 0.1) is 12.6 Å². The Morgan fingerprint density at radius 3 is 2.64 bits per heavy atom. The number of likely N-dealkylation sites (N-methyl/N-ethyl adjacent to an activating group) is 1. The molecule has 28 heavy (non-hydrogen) atoms. The van der Waals surface area contributed by atoms with Crippen LogP contribution in [0, 0.1) is 12.7 Å². The number of aromatic nitrogens is 1. The monoisotopic (exact) mass is 378 g/mol. The van der Waals surface area contributed by atoms with Gasteiger partial charge in [-0.25, -0.2) is 4.39 Å². The van der Waals surface area contributed by atoms with Gasteiger partial charge in [-0.2, -0.15) is 0 Å². The molecule has 0 N–H and O–H groups in total. The summed E-state index contributed by atoms with van der Waals surface area (Å²) in [5.41, 5.74) is 7.23. The second kappa shape index (κ2) is 7.44. The van der Waals surface area contributed by atoms with E-state index in [2.05, 4.69) is 47.8 Å². The Kier molecular flexibility index (Phi) is 4.98. The molecule has 0 bridgehead atoms. The molecular formula is C24H27FN2O. The summed E-state index contributed by atoms with van der Waals surface area (Å²) < 4.78 is 21.6. The first-order valence-electron chi connectivity index (χ1n) is 9.81. The molecule has 4 rings (SSSR count). The van der Waals surface area contributed by atoms with Crippen LogP contribution in [0.3, 0.4) is 0 Å². The second-order valence-corrected chi connectivity index (χ2v) is 7.78. The van der Waals surface area contributed by atoms with Crippen LogP contribution < -0.4 is 4.74 Å². The summed E-state index contributed by atoms with van der Waals surface area (Å²) in [6.45, 7) is 6.31. The van der Waals surface area contributed by atoms with Crippen LogP contribution in [-0.4, -0.2) is 36.7 Å². The number of rotatable bonds is 3. The number of hydrogen-bond acceptors (Lipinski definition) is 2. The third-order valence-electron chi connectivity index (χ3n) is 5.78. The van der Waals surface area contributed by atoms with Gasteiger partial charge in [0.15, 0.2) is 11.6 Å². The maximum absolute atomic E-state index is 14.2. The third-order valence-corrected chi connectivity index (χ3v) is 5.78. The second-order valence-electron chi connectivity index (χ2n) is 7.78. The minimum atomic E-state index is -0.332. The van der Waals surface area contributed by atoms with Gasteiger partial charge in [-0.05, 0) is 68.3 Å². The van der Waals surface area contributed by atoms with Crippen molar-refractivity contribution in [3.8, 4) is 5.75 Å². The molecule has 2 heterocycles. The van der Waals surface area contributed by atoms with Crippen molar-refractivity contribution in [1.82, 2.24) is 9.47 Å². The molecule has 2 aromatic carbocycles. The SMILES string of the molecule is COc1ccc(/C(C)=C\n2c3c(c4cc(C)ccc42)CCN(C)CC3)cc1F. The van der Waals surface area contributed by atoms with Crippen molar-refractivity contribution in [2.24, 2.45) is 0 Å². The first kappa shape index (κ1) is 18.8. The van der Waals surface area contributed by atoms with Gasteiger partial charge in [0.25, 0.3) is 0 Å². The number of allylic oxidation sites excluding steroid dienone is 1. The van der Waals surface area contributed by atoms with Crippen LogP contribution in [0.4, 0.5) is 4.39 Å². The lowest BCUT2D eigenvalue weighted by atomic mass is 10.1. The molecule has 0 unspecified atom stereocenters. The molecule has 0 radical (unpaired) electrons. The number of ether oxygens (including phenoxy) is 1. The summed E-state index contributed by atoms with van der Waals surface area (Å²) >= 11 is 0. The quantitative estimate of drug-likeness (QED) is 0.627. The van der Waals surface area contributed by atoms with E-state index in [9.17, 15) is 4.39 Å². The normalized spacial score (nSPS) is 15.5. The number of benzene rings is 2. The predicted molar refractivity (Wildman–Crippen MR) is 114 cm³/mol. The van der Waals surface area contributed by atoms with E-state index in [1.54, 1.807) is 12.1 Å². The van der Waals surface area contributed by atoms with Crippen LogP contribution in [0.2, 0.25) is 0 Å². The van der Waals surface area contributed by atoms with Gasteiger partial charge in [-0.15, -0.1) is 0 Å². The lowest BCUT2D eigenvalue weighted by Crippen LogP contribution is -2.21. The van der Waals surface area contributed by atoms with Crippen molar-refractivity contribution < 1.29 is 9.13 Å². The van der Waals surface area contributed by atoms with Gasteiger partial charge >= 0.3 is 0 Å². The summed E-state index contributed by atoms with van der Waals surface area (Å²) in [6.07, 6.45) is 4.23. The topological polar surface area (TPSA) is 17.4 Å². The molecule has 0 saturated heterocycles. The van der Waals surface area contributed by atoms with Gasteiger partial charge in [-0.3, -0.25) is 0 Å². The first-order valence-corrected chi connectivity index (χ1v) is 9.81. The molecule has 146 valence electrons. The standard InChI is InChI=1S/C24H27FN2O/c1-16-5-7-22-20(13-16)19-9-11-26(3)12-10-23(19)27(22)15-17(2)18-6-8-24(28-4)21(25)14-18/h5-8,13-15H,9-12H2,1-4H3/b17-15-. The number of fused-ring (bicyclic) bond motifs is 3. The van der Waals surface area contributed by atoms with E-state index >= 15 is 0 Å². The van der Waals surface area contributed by atoms with E-state index in [1.165, 1.54) is 34.8 Å². The average Bonchev–Trinajstić information content (AvgIpc) is 2.81. The molecular weight excluding hydrogens is 351 g/mol. The summed E-state index contributed by atoms with van der Waals surface area (Å²) in [4.78, 5) is 2.39. The number of aryl methyl sites for hydroxylation is 1. The fourth-order valence-corrected chi connectivity index (χ4v) is 4.14. The Labute approximate surface area is 166 Å². The Balaban J connectivity index is 1.86. The Morgan fingerprint density at radius 1 is 1.11 bits per heavy atom. The summed E-state index contributed by atoms with van der Waals surface area (Å²) in [6, 6.07) is 11.8. The Morgan fingerprint density at radius 2 is 1.89 bits per heavy atom. The minimum Gasteiger partial charge on any atom is -0.494 e. The average molecular weight is 378 g/mol. The fraction of sp³-hybridized carbons (Fsp3) is 0.333. The molecule has 0 spiro atoms. The van der Waals surface area contributed by atoms with E-state index in [0.717, 1.165) is 37.1 Å². The van der Waals surface area contributed by atoms with Crippen LogP contribution in [-0.2, 0) is 12.8 Å². The number of methoxy groups -OCH3 is 1. The first-order chi connectivity index (χ1) is 13.5. The molecule has 0 saturated carbocycles. The molecule has 1 aliphatic rings. The zero-order valence-electron chi connectivity index (χ0n) is 17.1. The molecule has 0 fully saturated rings. The molecule has 3 nitrogen and oxygen atoms in total. The summed E-state index contributed by atoms with van der Waals surface area (Å²) in [7, 11) is 3.67. The smallest absolute Gasteiger partial charge is 0.165 e. The Bertz CT molecular complexity index is 1060. The van der Waals surface area contributed by atoms with Gasteiger partial charge in [0.1, 0.15) is 0 Å². The highest BCUT2D eigenvalue weighted by atomic mass is 19.1. The van der Waals surface area contributed by atoms with Gasteiger partial charge in [-0.1, -0.05) is 17.7 Å². The molecule has 3 aromatic rings. The van der Waals surface area contributed by atoms with Gasteiger partial charge in [0.2, 0.25) is 0 Å². The third kappa shape index (κ3) is 3.33. The highest BCUT2D eigenvalue weighted by molar-refractivity contribution is 5.90.